The minimum Gasteiger partial charge on any atom is -0.392 e. The lowest BCUT2D eigenvalue weighted by Gasteiger charge is -1.77. The van der Waals surface area contributed by atoms with Crippen LogP contribution in [0.2, 0.25) is 0 Å². The molecule has 0 fully saturated rings. The Balaban J connectivity index is 3.49. The molecule has 0 rings (SSSR count). The lowest BCUT2D eigenvalue weighted by molar-refractivity contribution is -0.104. The highest BCUT2D eigenvalue weighted by Gasteiger charge is 1.80. The van der Waals surface area contributed by atoms with Gasteiger partial charge in [-0.1, -0.05) is 0 Å². The van der Waals surface area contributed by atoms with Crippen LogP contribution in [-0.4, -0.2) is 18.0 Å². The monoisotopic (exact) mass is 164 g/mol. The van der Waals surface area contributed by atoms with Gasteiger partial charge in [0.1, 0.15) is 0 Å². The Hall–Kier alpha value is -0.150. The Morgan fingerprint density at radius 2 is 2.43 bits per heavy atom. The molecule has 0 spiro atoms. The molecule has 0 amide bonds. The van der Waals surface area contributed by atoms with E-state index < -0.39 is 0 Å². The van der Waals surface area contributed by atoms with Gasteiger partial charge >= 0.3 is 0 Å². The lowest BCUT2D eigenvalue weighted by atomic mass is 10.5. The third kappa shape index (κ3) is 3.69. The van der Waals surface area contributed by atoms with Crippen LogP contribution in [0.15, 0.2) is 10.6 Å². The van der Waals surface area contributed by atoms with E-state index in [4.69, 9.17) is 5.11 Å². The number of hydrogen-bond donors (Lipinski definition) is 1. The molecular formula is C4H5BrO2. The maximum atomic E-state index is 9.67. The van der Waals surface area contributed by atoms with E-state index >= 15 is 0 Å². The van der Waals surface area contributed by atoms with E-state index in [9.17, 15) is 4.79 Å². The van der Waals surface area contributed by atoms with Gasteiger partial charge in [0.25, 0.3) is 0 Å². The quantitative estimate of drug-likeness (QED) is 0.476. The van der Waals surface area contributed by atoms with Crippen LogP contribution in [0.5, 0.6) is 0 Å². The van der Waals surface area contributed by atoms with Crippen molar-refractivity contribution in [2.45, 2.75) is 0 Å². The van der Waals surface area contributed by atoms with Crippen molar-refractivity contribution in [3.8, 4) is 0 Å². The SMILES string of the molecule is O=C/C(Br)=C/CO. The third-order valence-electron chi connectivity index (χ3n) is 0.399. The first-order chi connectivity index (χ1) is 3.31. The van der Waals surface area contributed by atoms with E-state index in [1.807, 2.05) is 0 Å². The molecule has 40 valence electrons. The van der Waals surface area contributed by atoms with Crippen LogP contribution in [-0.2, 0) is 4.79 Å². The highest BCUT2D eigenvalue weighted by atomic mass is 79.9. The molecule has 2 nitrogen and oxygen atoms in total. The van der Waals surface area contributed by atoms with Crippen molar-refractivity contribution < 1.29 is 9.90 Å². The Bertz CT molecular complexity index is 87.7. The van der Waals surface area contributed by atoms with Gasteiger partial charge in [0.05, 0.1) is 11.1 Å². The fraction of sp³-hybridized carbons (Fsp3) is 0.250. The first-order valence-corrected chi connectivity index (χ1v) is 2.52. The number of halogens is 1. The standard InChI is InChI=1S/C4H5BrO2/c5-4(3-7)1-2-6/h1,3,6H,2H2/b4-1-. The lowest BCUT2D eigenvalue weighted by Crippen LogP contribution is -1.75. The third-order valence-corrected chi connectivity index (χ3v) is 0.910. The van der Waals surface area contributed by atoms with Crippen molar-refractivity contribution in [1.29, 1.82) is 0 Å². The summed E-state index contributed by atoms with van der Waals surface area (Å²) >= 11 is 2.87. The second kappa shape index (κ2) is 4.02. The van der Waals surface area contributed by atoms with Crippen molar-refractivity contribution >= 4 is 22.2 Å². The van der Waals surface area contributed by atoms with Crippen molar-refractivity contribution in [2.24, 2.45) is 0 Å². The van der Waals surface area contributed by atoms with Crippen LogP contribution >= 0.6 is 15.9 Å². The van der Waals surface area contributed by atoms with Crippen LogP contribution < -0.4 is 0 Å². The molecule has 0 saturated carbocycles. The molecule has 3 heteroatoms. The second-order valence-corrected chi connectivity index (χ2v) is 1.81. The predicted octanol–water partition coefficient (Wildman–Crippen LogP) is 0.456. The summed E-state index contributed by atoms with van der Waals surface area (Å²) in [4.78, 5) is 9.67. The molecule has 0 aromatic rings. The van der Waals surface area contributed by atoms with Gasteiger partial charge < -0.3 is 5.11 Å². The second-order valence-electron chi connectivity index (χ2n) is 0.889. The number of aliphatic hydroxyl groups is 1. The zero-order chi connectivity index (χ0) is 5.70. The van der Waals surface area contributed by atoms with Gasteiger partial charge in [-0.3, -0.25) is 4.79 Å². The highest BCUT2D eigenvalue weighted by Crippen LogP contribution is 1.96. The van der Waals surface area contributed by atoms with Crippen molar-refractivity contribution in [3.05, 3.63) is 10.6 Å². The molecule has 0 aliphatic rings. The van der Waals surface area contributed by atoms with E-state index in [0.29, 0.717) is 10.8 Å². The van der Waals surface area contributed by atoms with Gasteiger partial charge in [0, 0.05) is 0 Å². The van der Waals surface area contributed by atoms with Crippen LogP contribution in [0, 0.1) is 0 Å². The number of rotatable bonds is 2. The average Bonchev–Trinajstić information content (AvgIpc) is 1.68. The Kier molecular flexibility index (Phi) is 3.93. The zero-order valence-corrected chi connectivity index (χ0v) is 5.18. The molecule has 0 radical (unpaired) electrons. The van der Waals surface area contributed by atoms with Crippen molar-refractivity contribution in [1.82, 2.24) is 0 Å². The molecule has 0 aromatic carbocycles. The minimum atomic E-state index is -0.0979. The molecule has 0 aromatic heterocycles. The number of hydrogen-bond acceptors (Lipinski definition) is 2. The van der Waals surface area contributed by atoms with E-state index in [0.717, 1.165) is 0 Å². The summed E-state index contributed by atoms with van der Waals surface area (Å²) < 4.78 is 0.384. The predicted molar refractivity (Wildman–Crippen MR) is 30.2 cm³/mol. The smallest absolute Gasteiger partial charge is 0.156 e. The Labute approximate surface area is 50.0 Å². The zero-order valence-electron chi connectivity index (χ0n) is 3.60. The van der Waals surface area contributed by atoms with Gasteiger partial charge in [0.2, 0.25) is 0 Å². The van der Waals surface area contributed by atoms with E-state index in [1.165, 1.54) is 6.08 Å². The molecule has 0 heterocycles. The number of aliphatic hydroxyl groups excluding tert-OH is 1. The fourth-order valence-corrected chi connectivity index (χ4v) is 0.280. The molecular weight excluding hydrogens is 160 g/mol. The first kappa shape index (κ1) is 6.85. The minimum absolute atomic E-state index is 0.0979. The van der Waals surface area contributed by atoms with E-state index in [1.54, 1.807) is 0 Å². The Morgan fingerprint density at radius 3 is 2.57 bits per heavy atom. The molecule has 1 N–H and O–H groups in total. The fourth-order valence-electron chi connectivity index (χ4n) is 0.135. The average molecular weight is 165 g/mol. The summed E-state index contributed by atoms with van der Waals surface area (Å²) in [6.45, 7) is -0.0979. The van der Waals surface area contributed by atoms with Crippen LogP contribution in [0.4, 0.5) is 0 Å². The molecule has 0 aliphatic heterocycles. The summed E-state index contributed by atoms with van der Waals surface area (Å²) in [5.74, 6) is 0. The van der Waals surface area contributed by atoms with Crippen molar-refractivity contribution in [3.63, 3.8) is 0 Å². The summed E-state index contributed by atoms with van der Waals surface area (Å²) in [5.41, 5.74) is 0. The maximum absolute atomic E-state index is 9.67. The number of carbonyl (C=O) groups excluding carboxylic acids is 1. The van der Waals surface area contributed by atoms with Crippen LogP contribution in [0.1, 0.15) is 0 Å². The molecule has 0 unspecified atom stereocenters. The number of carbonyl (C=O) groups is 1. The van der Waals surface area contributed by atoms with E-state index in [2.05, 4.69) is 15.9 Å². The summed E-state index contributed by atoms with van der Waals surface area (Å²) in [7, 11) is 0. The number of allylic oxidation sites excluding steroid dienone is 1. The molecule has 0 atom stereocenters. The van der Waals surface area contributed by atoms with E-state index in [-0.39, 0.29) is 6.61 Å². The van der Waals surface area contributed by atoms with Crippen LogP contribution in [0.25, 0.3) is 0 Å². The van der Waals surface area contributed by atoms with Gasteiger partial charge in [-0.05, 0) is 22.0 Å². The molecule has 0 aliphatic carbocycles. The summed E-state index contributed by atoms with van der Waals surface area (Å²) in [5, 5.41) is 8.10. The van der Waals surface area contributed by atoms with Crippen molar-refractivity contribution in [2.75, 3.05) is 6.61 Å². The van der Waals surface area contributed by atoms with Gasteiger partial charge in [0.15, 0.2) is 6.29 Å². The summed E-state index contributed by atoms with van der Waals surface area (Å²) in [6, 6.07) is 0. The first-order valence-electron chi connectivity index (χ1n) is 1.73. The highest BCUT2D eigenvalue weighted by molar-refractivity contribution is 9.12. The largest absolute Gasteiger partial charge is 0.392 e. The van der Waals surface area contributed by atoms with Gasteiger partial charge in [-0.25, -0.2) is 0 Å². The van der Waals surface area contributed by atoms with Crippen LogP contribution in [0.3, 0.4) is 0 Å². The normalized spacial score (nSPS) is 11.4. The topological polar surface area (TPSA) is 37.3 Å². The molecule has 0 bridgehead atoms. The summed E-state index contributed by atoms with van der Waals surface area (Å²) in [6.07, 6.45) is 1.99. The van der Waals surface area contributed by atoms with Gasteiger partial charge in [-0.2, -0.15) is 0 Å². The maximum Gasteiger partial charge on any atom is 0.156 e. The molecule has 0 saturated heterocycles. The Morgan fingerprint density at radius 1 is 1.86 bits per heavy atom. The molecule has 7 heavy (non-hydrogen) atoms. The number of aldehydes is 1. The van der Waals surface area contributed by atoms with Gasteiger partial charge in [-0.15, -0.1) is 0 Å².